The van der Waals surface area contributed by atoms with E-state index in [-0.39, 0.29) is 17.4 Å². The van der Waals surface area contributed by atoms with Gasteiger partial charge in [-0.1, -0.05) is 18.2 Å². The summed E-state index contributed by atoms with van der Waals surface area (Å²) >= 11 is 1.03. The van der Waals surface area contributed by atoms with Gasteiger partial charge in [0, 0.05) is 11.8 Å². The van der Waals surface area contributed by atoms with E-state index in [1.54, 1.807) is 0 Å². The first kappa shape index (κ1) is 19.1. The molecule has 8 nitrogen and oxygen atoms in total. The number of anilines is 2. The van der Waals surface area contributed by atoms with E-state index in [0.29, 0.717) is 11.2 Å². The van der Waals surface area contributed by atoms with Crippen molar-refractivity contribution in [2.45, 2.75) is 37.3 Å². The molecule has 1 aliphatic rings. The summed E-state index contributed by atoms with van der Waals surface area (Å²) in [6, 6.07) is 2.92. The van der Waals surface area contributed by atoms with Crippen LogP contribution in [0.3, 0.4) is 0 Å². The second-order valence-corrected chi connectivity index (χ2v) is 6.93. The summed E-state index contributed by atoms with van der Waals surface area (Å²) in [5, 5.41) is 14.8. The van der Waals surface area contributed by atoms with Crippen LogP contribution in [0, 0.1) is 11.6 Å². The highest BCUT2D eigenvalue weighted by atomic mass is 32.2. The van der Waals surface area contributed by atoms with Gasteiger partial charge in [0.2, 0.25) is 11.1 Å². The Morgan fingerprint density at radius 2 is 2.04 bits per heavy atom. The number of nitrogens with one attached hydrogen (secondary N) is 2. The van der Waals surface area contributed by atoms with Gasteiger partial charge in [-0.3, -0.25) is 4.79 Å². The average Bonchev–Trinajstić information content (AvgIpc) is 3.01. The van der Waals surface area contributed by atoms with Gasteiger partial charge in [-0.2, -0.15) is 5.10 Å². The Hall–Kier alpha value is -2.69. The number of rotatable bonds is 6. The van der Waals surface area contributed by atoms with Crippen LogP contribution < -0.4 is 16.6 Å². The summed E-state index contributed by atoms with van der Waals surface area (Å²) in [6.07, 6.45) is 5.37. The molecule has 1 heterocycles. The van der Waals surface area contributed by atoms with Crippen molar-refractivity contribution in [2.75, 3.05) is 22.3 Å². The fraction of sp³-hybridized carbons (Fsp3) is 0.375. The lowest BCUT2D eigenvalue weighted by Gasteiger charge is -2.12. The second kappa shape index (κ2) is 8.80. The number of carbonyl (C=O) groups excluding carboxylic acids is 1. The number of halogens is 2. The van der Waals surface area contributed by atoms with Crippen LogP contribution in [0.25, 0.3) is 0 Å². The summed E-state index contributed by atoms with van der Waals surface area (Å²) in [7, 11) is 0. The molecule has 1 aliphatic carbocycles. The largest absolute Gasteiger partial charge is 0.334 e. The van der Waals surface area contributed by atoms with E-state index in [1.807, 2.05) is 0 Å². The minimum absolute atomic E-state index is 0.0688. The van der Waals surface area contributed by atoms with Gasteiger partial charge in [0.1, 0.15) is 11.6 Å². The van der Waals surface area contributed by atoms with E-state index in [1.165, 1.54) is 11.1 Å². The van der Waals surface area contributed by atoms with Crippen molar-refractivity contribution >= 4 is 35.0 Å². The van der Waals surface area contributed by atoms with E-state index >= 15 is 0 Å². The zero-order valence-corrected chi connectivity index (χ0v) is 15.2. The molecular formula is C16H19F2N7OS. The Balaban J connectivity index is 1.53. The third-order valence-electron chi connectivity index (χ3n) is 3.95. The number of hydrazone groups is 1. The van der Waals surface area contributed by atoms with Crippen LogP contribution in [0.5, 0.6) is 0 Å². The highest BCUT2D eigenvalue weighted by Crippen LogP contribution is 2.20. The first-order chi connectivity index (χ1) is 13.0. The molecule has 1 fully saturated rings. The molecule has 2 aromatic rings. The SMILES string of the molecule is Nn1c(NN=C2CCCCC2)nnc1SCC(=O)Nc1ccc(F)cc1F. The van der Waals surface area contributed by atoms with Crippen LogP contribution in [-0.2, 0) is 4.79 Å². The van der Waals surface area contributed by atoms with Gasteiger partial charge in [0.15, 0.2) is 0 Å². The van der Waals surface area contributed by atoms with Gasteiger partial charge in [-0.05, 0) is 37.8 Å². The molecule has 1 aromatic carbocycles. The number of nitrogen functional groups attached to an aromatic ring is 1. The molecule has 0 unspecified atom stereocenters. The number of nitrogens with zero attached hydrogens (tertiary/aromatic N) is 4. The molecule has 0 saturated heterocycles. The Kier molecular flexibility index (Phi) is 6.22. The van der Waals surface area contributed by atoms with Gasteiger partial charge < -0.3 is 11.2 Å². The van der Waals surface area contributed by atoms with Crippen LogP contribution in [0.2, 0.25) is 0 Å². The molecule has 1 aromatic heterocycles. The summed E-state index contributed by atoms with van der Waals surface area (Å²) in [4.78, 5) is 11.9. The van der Waals surface area contributed by atoms with Crippen LogP contribution in [0.15, 0.2) is 28.5 Å². The van der Waals surface area contributed by atoms with Gasteiger partial charge in [0.05, 0.1) is 11.4 Å². The third-order valence-corrected chi connectivity index (χ3v) is 4.89. The van der Waals surface area contributed by atoms with E-state index in [0.717, 1.165) is 55.3 Å². The van der Waals surface area contributed by atoms with Crippen LogP contribution in [-0.4, -0.2) is 32.2 Å². The first-order valence-corrected chi connectivity index (χ1v) is 9.41. The zero-order chi connectivity index (χ0) is 19.2. The van der Waals surface area contributed by atoms with Gasteiger partial charge in [-0.15, -0.1) is 10.2 Å². The first-order valence-electron chi connectivity index (χ1n) is 8.42. The third kappa shape index (κ3) is 5.16. The molecule has 0 bridgehead atoms. The van der Waals surface area contributed by atoms with Crippen molar-refractivity contribution in [1.82, 2.24) is 14.9 Å². The smallest absolute Gasteiger partial charge is 0.264 e. The van der Waals surface area contributed by atoms with Crippen molar-refractivity contribution in [1.29, 1.82) is 0 Å². The molecule has 27 heavy (non-hydrogen) atoms. The molecule has 0 aliphatic heterocycles. The fourth-order valence-corrected chi connectivity index (χ4v) is 3.22. The summed E-state index contributed by atoms with van der Waals surface area (Å²) in [6.45, 7) is 0. The van der Waals surface area contributed by atoms with Gasteiger partial charge >= 0.3 is 0 Å². The maximum atomic E-state index is 13.6. The number of benzene rings is 1. The van der Waals surface area contributed by atoms with E-state index in [9.17, 15) is 13.6 Å². The molecule has 0 atom stereocenters. The molecule has 3 rings (SSSR count). The lowest BCUT2D eigenvalue weighted by atomic mass is 9.99. The van der Waals surface area contributed by atoms with Crippen LogP contribution >= 0.6 is 11.8 Å². The van der Waals surface area contributed by atoms with E-state index in [2.05, 4.69) is 26.0 Å². The highest BCUT2D eigenvalue weighted by Gasteiger charge is 2.14. The van der Waals surface area contributed by atoms with Crippen molar-refractivity contribution < 1.29 is 13.6 Å². The quantitative estimate of drug-likeness (QED) is 0.394. The van der Waals surface area contributed by atoms with Crippen molar-refractivity contribution in [3.63, 3.8) is 0 Å². The number of thioether (sulfide) groups is 1. The van der Waals surface area contributed by atoms with Gasteiger partial charge in [0.25, 0.3) is 5.95 Å². The second-order valence-electron chi connectivity index (χ2n) is 5.99. The zero-order valence-electron chi connectivity index (χ0n) is 14.4. The molecule has 1 saturated carbocycles. The summed E-state index contributed by atoms with van der Waals surface area (Å²) in [5.41, 5.74) is 3.77. The predicted octanol–water partition coefficient (Wildman–Crippen LogP) is 2.73. The van der Waals surface area contributed by atoms with Crippen molar-refractivity contribution in [2.24, 2.45) is 5.10 Å². The highest BCUT2D eigenvalue weighted by molar-refractivity contribution is 7.99. The van der Waals surface area contributed by atoms with Crippen LogP contribution in [0.4, 0.5) is 20.4 Å². The number of nitrogens with two attached hydrogens (primary N) is 1. The molecular weight excluding hydrogens is 376 g/mol. The Morgan fingerprint density at radius 3 is 2.78 bits per heavy atom. The maximum absolute atomic E-state index is 13.6. The number of carbonyl (C=O) groups is 1. The van der Waals surface area contributed by atoms with Crippen molar-refractivity contribution in [3.8, 4) is 0 Å². The topological polar surface area (TPSA) is 110 Å². The predicted molar refractivity (Wildman–Crippen MR) is 100 cm³/mol. The molecule has 11 heteroatoms. The molecule has 144 valence electrons. The van der Waals surface area contributed by atoms with E-state index in [4.69, 9.17) is 5.84 Å². The Bertz CT molecular complexity index is 847. The summed E-state index contributed by atoms with van der Waals surface area (Å²) in [5.74, 6) is 4.06. The van der Waals surface area contributed by atoms with Crippen molar-refractivity contribution in [3.05, 3.63) is 29.8 Å². The van der Waals surface area contributed by atoms with Gasteiger partial charge in [-0.25, -0.2) is 18.9 Å². The number of amides is 1. The molecule has 1 amide bonds. The normalized spacial score (nSPS) is 14.1. The molecule has 0 radical (unpaired) electrons. The number of aromatic nitrogens is 3. The van der Waals surface area contributed by atoms with Crippen LogP contribution in [0.1, 0.15) is 32.1 Å². The Labute approximate surface area is 158 Å². The maximum Gasteiger partial charge on any atom is 0.264 e. The average molecular weight is 395 g/mol. The molecule has 0 spiro atoms. The minimum Gasteiger partial charge on any atom is -0.334 e. The Morgan fingerprint density at radius 1 is 1.26 bits per heavy atom. The van der Waals surface area contributed by atoms with E-state index < -0.39 is 17.5 Å². The fourth-order valence-electron chi connectivity index (χ4n) is 2.56. The number of hydrogen-bond acceptors (Lipinski definition) is 7. The lowest BCUT2D eigenvalue weighted by Crippen LogP contribution is -2.17. The monoisotopic (exact) mass is 395 g/mol. The standard InChI is InChI=1S/C16H19F2N7OS/c17-10-6-7-13(12(18)8-10)20-14(26)9-27-16-24-23-15(25(16)19)22-21-11-4-2-1-3-5-11/h6-8H,1-5,9,19H2,(H,20,26)(H,22,23). The molecule has 4 N–H and O–H groups in total. The minimum atomic E-state index is -0.844. The summed E-state index contributed by atoms with van der Waals surface area (Å²) < 4.78 is 27.6. The number of hydrogen-bond donors (Lipinski definition) is 3. The lowest BCUT2D eigenvalue weighted by molar-refractivity contribution is -0.113.